The van der Waals surface area contributed by atoms with E-state index in [0.29, 0.717) is 29.1 Å². The first kappa shape index (κ1) is 29.7. The Bertz CT molecular complexity index is 1010. The lowest BCUT2D eigenvalue weighted by molar-refractivity contribution is 0.00426. The molecule has 3 aromatic carbocycles. The van der Waals surface area contributed by atoms with E-state index in [1.54, 1.807) is 0 Å². The molecule has 3 aromatic rings. The van der Waals surface area contributed by atoms with Crippen LogP contribution in [-0.2, 0) is 19.5 Å². The molecule has 3 atom stereocenters. The molecule has 0 N–H and O–H groups in total. The summed E-state index contributed by atoms with van der Waals surface area (Å²) in [6.07, 6.45) is 1.32. The Labute approximate surface area is 238 Å². The molecule has 1 aliphatic rings. The lowest BCUT2D eigenvalue weighted by Crippen LogP contribution is -2.48. The molecule has 3 nitrogen and oxygen atoms in total. The van der Waals surface area contributed by atoms with E-state index in [4.69, 9.17) is 13.9 Å². The monoisotopic (exact) mass is 544 g/mol. The fourth-order valence-electron chi connectivity index (χ4n) is 6.76. The summed E-state index contributed by atoms with van der Waals surface area (Å²) in [7, 11) is -1.86. The summed E-state index contributed by atoms with van der Waals surface area (Å²) in [5.74, 6) is 0.449. The maximum absolute atomic E-state index is 6.98. The number of hydrogen-bond donors (Lipinski definition) is 0. The molecule has 0 unspecified atom stereocenters. The van der Waals surface area contributed by atoms with Crippen molar-refractivity contribution >= 4 is 8.32 Å². The zero-order valence-corrected chi connectivity index (χ0v) is 26.0. The number of benzene rings is 3. The molecule has 0 radical (unpaired) electrons. The Hall–Kier alpha value is -2.24. The molecule has 210 valence electrons. The summed E-state index contributed by atoms with van der Waals surface area (Å²) in [4.78, 5) is 0. The molecule has 1 fully saturated rings. The minimum atomic E-state index is -1.86. The minimum absolute atomic E-state index is 0.102. The second-order valence-corrected chi connectivity index (χ2v) is 17.7. The van der Waals surface area contributed by atoms with Gasteiger partial charge in [-0.05, 0) is 45.7 Å². The molecule has 0 bridgehead atoms. The van der Waals surface area contributed by atoms with E-state index < -0.39 is 13.9 Å². The van der Waals surface area contributed by atoms with Crippen LogP contribution in [0, 0.1) is 5.92 Å². The standard InChI is InChI=1S/C35H48O3Si/c1-26(2)39(27(3)4,28(5)6)37-24-29(7)23-33-34(38-33)25-36-35(30-17-11-8-12-18-30,31-19-13-9-14-20-31)32-21-15-10-16-22-32/h8-22,26-29,33-34H,23-25H2,1-7H3/t29-,33+,34+/m0/s1. The van der Waals surface area contributed by atoms with Gasteiger partial charge in [0.15, 0.2) is 8.32 Å². The van der Waals surface area contributed by atoms with Crippen LogP contribution < -0.4 is 0 Å². The van der Waals surface area contributed by atoms with Gasteiger partial charge < -0.3 is 13.9 Å². The third kappa shape index (κ3) is 6.41. The average Bonchev–Trinajstić information content (AvgIpc) is 3.68. The van der Waals surface area contributed by atoms with Crippen molar-refractivity contribution in [1.82, 2.24) is 0 Å². The Morgan fingerprint density at radius 2 is 1.05 bits per heavy atom. The first-order chi connectivity index (χ1) is 18.7. The van der Waals surface area contributed by atoms with Gasteiger partial charge >= 0.3 is 0 Å². The summed E-state index contributed by atoms with van der Waals surface area (Å²) < 4.78 is 20.1. The number of hydrogen-bond acceptors (Lipinski definition) is 3. The summed E-state index contributed by atoms with van der Waals surface area (Å²) >= 11 is 0. The van der Waals surface area contributed by atoms with Crippen molar-refractivity contribution in [1.29, 1.82) is 0 Å². The predicted molar refractivity (Wildman–Crippen MR) is 165 cm³/mol. The van der Waals surface area contributed by atoms with E-state index in [0.717, 1.165) is 29.7 Å². The topological polar surface area (TPSA) is 31.0 Å². The van der Waals surface area contributed by atoms with Crippen LogP contribution in [0.3, 0.4) is 0 Å². The van der Waals surface area contributed by atoms with Gasteiger partial charge in [0.25, 0.3) is 0 Å². The summed E-state index contributed by atoms with van der Waals surface area (Å²) in [5.41, 5.74) is 4.47. The molecule has 0 saturated carbocycles. The molecule has 39 heavy (non-hydrogen) atoms. The second-order valence-electron chi connectivity index (χ2n) is 12.3. The molecule has 1 heterocycles. The van der Waals surface area contributed by atoms with Crippen molar-refractivity contribution in [3.05, 3.63) is 108 Å². The zero-order valence-electron chi connectivity index (χ0n) is 25.0. The molecule has 0 spiro atoms. The van der Waals surface area contributed by atoms with Crippen LogP contribution in [0.2, 0.25) is 16.6 Å². The summed E-state index contributed by atoms with van der Waals surface area (Å²) in [6.45, 7) is 17.8. The number of epoxide rings is 1. The third-order valence-corrected chi connectivity index (χ3v) is 14.7. The van der Waals surface area contributed by atoms with E-state index in [2.05, 4.69) is 139 Å². The van der Waals surface area contributed by atoms with Gasteiger partial charge in [-0.15, -0.1) is 0 Å². The molecule has 0 amide bonds. The van der Waals surface area contributed by atoms with E-state index >= 15 is 0 Å². The molecule has 4 heteroatoms. The first-order valence-electron chi connectivity index (χ1n) is 14.8. The second kappa shape index (κ2) is 12.9. The van der Waals surface area contributed by atoms with Crippen molar-refractivity contribution < 1.29 is 13.9 Å². The first-order valence-corrected chi connectivity index (χ1v) is 17.0. The van der Waals surface area contributed by atoms with Crippen LogP contribution in [0.5, 0.6) is 0 Å². The van der Waals surface area contributed by atoms with Crippen LogP contribution in [0.1, 0.15) is 71.6 Å². The van der Waals surface area contributed by atoms with Gasteiger partial charge in [-0.2, -0.15) is 0 Å². The molecule has 0 aromatic heterocycles. The Kier molecular flexibility index (Phi) is 9.87. The third-order valence-electron chi connectivity index (χ3n) is 8.65. The van der Waals surface area contributed by atoms with Crippen molar-refractivity contribution in [2.75, 3.05) is 13.2 Å². The highest BCUT2D eigenvalue weighted by atomic mass is 28.4. The van der Waals surface area contributed by atoms with E-state index in [1.165, 1.54) is 0 Å². The highest BCUT2D eigenvalue weighted by Crippen LogP contribution is 2.44. The quantitative estimate of drug-likeness (QED) is 0.115. The summed E-state index contributed by atoms with van der Waals surface area (Å²) in [5, 5.41) is 0. The predicted octanol–water partition coefficient (Wildman–Crippen LogP) is 8.98. The van der Waals surface area contributed by atoms with Crippen LogP contribution in [0.15, 0.2) is 91.0 Å². The van der Waals surface area contributed by atoms with Gasteiger partial charge in [0, 0.05) is 6.61 Å². The van der Waals surface area contributed by atoms with Gasteiger partial charge in [0.1, 0.15) is 11.7 Å². The van der Waals surface area contributed by atoms with E-state index in [9.17, 15) is 0 Å². The number of rotatable bonds is 14. The highest BCUT2D eigenvalue weighted by Gasteiger charge is 2.47. The number of ether oxygens (including phenoxy) is 2. The van der Waals surface area contributed by atoms with Crippen LogP contribution in [0.4, 0.5) is 0 Å². The lowest BCUT2D eigenvalue weighted by Gasteiger charge is -2.42. The Balaban J connectivity index is 1.47. The fraction of sp³-hybridized carbons (Fsp3) is 0.486. The van der Waals surface area contributed by atoms with Crippen molar-refractivity contribution in [2.24, 2.45) is 5.92 Å². The van der Waals surface area contributed by atoms with E-state index in [1.807, 2.05) is 0 Å². The Morgan fingerprint density at radius 3 is 1.44 bits per heavy atom. The van der Waals surface area contributed by atoms with Crippen molar-refractivity contribution in [3.63, 3.8) is 0 Å². The van der Waals surface area contributed by atoms with Gasteiger partial charge in [0.2, 0.25) is 0 Å². The molecular weight excluding hydrogens is 496 g/mol. The zero-order chi connectivity index (χ0) is 28.0. The fourth-order valence-corrected chi connectivity index (χ4v) is 12.3. The molecule has 1 aliphatic heterocycles. The van der Waals surface area contributed by atoms with Crippen LogP contribution in [-0.4, -0.2) is 33.7 Å². The van der Waals surface area contributed by atoms with Gasteiger partial charge in [-0.25, -0.2) is 0 Å². The average molecular weight is 545 g/mol. The van der Waals surface area contributed by atoms with Crippen molar-refractivity contribution in [3.8, 4) is 0 Å². The lowest BCUT2D eigenvalue weighted by atomic mass is 9.80. The maximum Gasteiger partial charge on any atom is 0.200 e. The normalized spacial score (nSPS) is 18.6. The smallest absolute Gasteiger partial charge is 0.200 e. The van der Waals surface area contributed by atoms with Gasteiger partial charge in [-0.3, -0.25) is 0 Å². The Morgan fingerprint density at radius 1 is 0.641 bits per heavy atom. The van der Waals surface area contributed by atoms with E-state index in [-0.39, 0.29) is 12.2 Å². The van der Waals surface area contributed by atoms with Crippen LogP contribution >= 0.6 is 0 Å². The highest BCUT2D eigenvalue weighted by molar-refractivity contribution is 6.77. The molecule has 0 aliphatic carbocycles. The summed E-state index contributed by atoms with van der Waals surface area (Å²) in [6, 6.07) is 31.7. The van der Waals surface area contributed by atoms with Gasteiger partial charge in [0.05, 0.1) is 12.7 Å². The SMILES string of the molecule is CC(C)[Si](OC[C@@H](C)C[C@H]1O[C@@H]1COC(c1ccccc1)(c1ccccc1)c1ccccc1)(C(C)C)C(C)C. The minimum Gasteiger partial charge on any atom is -0.416 e. The van der Waals surface area contributed by atoms with Gasteiger partial charge in [-0.1, -0.05) is 139 Å². The molecule has 1 saturated heterocycles. The maximum atomic E-state index is 6.98. The molecular formula is C35H48O3Si. The largest absolute Gasteiger partial charge is 0.416 e. The van der Waals surface area contributed by atoms with Crippen molar-refractivity contribution in [2.45, 2.75) is 89.3 Å². The van der Waals surface area contributed by atoms with Crippen LogP contribution in [0.25, 0.3) is 0 Å². The molecule has 4 rings (SSSR count).